The van der Waals surface area contributed by atoms with Crippen LogP contribution < -0.4 is 15.8 Å². The zero-order valence-electron chi connectivity index (χ0n) is 23.1. The molecule has 0 spiro atoms. The SMILES string of the molecule is COc1cccc(C(=O)N2CCC(N(Cc3ccccc3)CC(C)C)C[C@@H]2C(=O)NC2CCC(N)CC2)c1. The summed E-state index contributed by atoms with van der Waals surface area (Å²) in [6.45, 7) is 6.78. The van der Waals surface area contributed by atoms with Gasteiger partial charge in [-0.1, -0.05) is 50.2 Å². The van der Waals surface area contributed by atoms with Gasteiger partial charge in [-0.25, -0.2) is 0 Å². The first kappa shape index (κ1) is 28.1. The summed E-state index contributed by atoms with van der Waals surface area (Å²) in [4.78, 5) is 31.8. The molecule has 2 aromatic rings. The number of rotatable bonds is 9. The predicted octanol–water partition coefficient (Wildman–Crippen LogP) is 4.21. The molecule has 1 heterocycles. The smallest absolute Gasteiger partial charge is 0.254 e. The van der Waals surface area contributed by atoms with Crippen LogP contribution >= 0.6 is 0 Å². The highest BCUT2D eigenvalue weighted by atomic mass is 16.5. The summed E-state index contributed by atoms with van der Waals surface area (Å²) in [5.41, 5.74) is 7.91. The number of likely N-dealkylation sites (tertiary alicyclic amines) is 1. The molecule has 1 saturated heterocycles. The van der Waals surface area contributed by atoms with Crippen molar-refractivity contribution in [3.8, 4) is 5.75 Å². The van der Waals surface area contributed by atoms with Gasteiger partial charge in [-0.15, -0.1) is 0 Å². The third kappa shape index (κ3) is 7.35. The lowest BCUT2D eigenvalue weighted by atomic mass is 9.90. The van der Waals surface area contributed by atoms with Crippen LogP contribution in [0.3, 0.4) is 0 Å². The van der Waals surface area contributed by atoms with E-state index in [1.165, 1.54) is 5.56 Å². The molecule has 0 aromatic heterocycles. The summed E-state index contributed by atoms with van der Waals surface area (Å²) in [5.74, 6) is 0.965. The average Bonchev–Trinajstić information content (AvgIpc) is 2.93. The lowest BCUT2D eigenvalue weighted by Gasteiger charge is -2.44. The Morgan fingerprint density at radius 1 is 1.05 bits per heavy atom. The molecule has 7 nitrogen and oxygen atoms in total. The first-order valence-electron chi connectivity index (χ1n) is 14.1. The molecule has 3 N–H and O–H groups in total. The molecule has 2 aromatic carbocycles. The zero-order valence-corrected chi connectivity index (χ0v) is 23.1. The van der Waals surface area contributed by atoms with Gasteiger partial charge < -0.3 is 20.7 Å². The average molecular weight is 521 g/mol. The number of nitrogens with one attached hydrogen (secondary N) is 1. The van der Waals surface area contributed by atoms with Crippen LogP contribution in [0.2, 0.25) is 0 Å². The first-order valence-corrected chi connectivity index (χ1v) is 14.1. The van der Waals surface area contributed by atoms with Gasteiger partial charge in [-0.05, 0) is 68.2 Å². The number of benzene rings is 2. The molecule has 4 rings (SSSR count). The van der Waals surface area contributed by atoms with Gasteiger partial charge >= 0.3 is 0 Å². The number of carbonyl (C=O) groups is 2. The quantitative estimate of drug-likeness (QED) is 0.517. The van der Waals surface area contributed by atoms with Crippen LogP contribution in [0, 0.1) is 5.92 Å². The van der Waals surface area contributed by atoms with Crippen LogP contribution in [-0.2, 0) is 11.3 Å². The van der Waals surface area contributed by atoms with Crippen molar-refractivity contribution in [1.29, 1.82) is 0 Å². The molecule has 1 unspecified atom stereocenters. The lowest BCUT2D eigenvalue weighted by molar-refractivity contribution is -0.128. The molecule has 2 aliphatic rings. The van der Waals surface area contributed by atoms with Crippen LogP contribution in [0.4, 0.5) is 0 Å². The second-order valence-corrected chi connectivity index (χ2v) is 11.4. The Bertz CT molecular complexity index is 1050. The number of nitrogens with zero attached hydrogens (tertiary/aromatic N) is 2. The highest BCUT2D eigenvalue weighted by molar-refractivity contribution is 5.98. The van der Waals surface area contributed by atoms with E-state index >= 15 is 0 Å². The maximum Gasteiger partial charge on any atom is 0.254 e. The lowest BCUT2D eigenvalue weighted by Crippen LogP contribution is -2.58. The molecule has 2 amide bonds. The molecule has 1 aliphatic carbocycles. The summed E-state index contributed by atoms with van der Waals surface area (Å²) in [7, 11) is 1.59. The van der Waals surface area contributed by atoms with Crippen LogP contribution in [0.15, 0.2) is 54.6 Å². The van der Waals surface area contributed by atoms with Crippen molar-refractivity contribution in [2.24, 2.45) is 11.7 Å². The van der Waals surface area contributed by atoms with E-state index < -0.39 is 6.04 Å². The standard InChI is InChI=1S/C31H44N4O3/c1-22(2)20-34(21-23-8-5-4-6-9-23)27-16-17-35(31(37)24-10-7-11-28(18-24)38-3)29(19-27)30(36)33-26-14-12-25(32)13-15-26/h4-11,18,22,25-27,29H,12-17,19-21,32H2,1-3H3,(H,33,36)/t25?,26?,27?,29-/m1/s1. The minimum atomic E-state index is -0.520. The molecule has 2 atom stereocenters. The zero-order chi connectivity index (χ0) is 27.1. The highest BCUT2D eigenvalue weighted by Gasteiger charge is 2.39. The Morgan fingerprint density at radius 2 is 1.79 bits per heavy atom. The number of methoxy groups -OCH3 is 1. The van der Waals surface area contributed by atoms with E-state index in [1.807, 2.05) is 18.2 Å². The van der Waals surface area contributed by atoms with E-state index in [4.69, 9.17) is 10.5 Å². The van der Waals surface area contributed by atoms with E-state index in [-0.39, 0.29) is 29.9 Å². The molecule has 1 aliphatic heterocycles. The first-order chi connectivity index (χ1) is 18.3. The third-order valence-corrected chi connectivity index (χ3v) is 7.92. The second-order valence-electron chi connectivity index (χ2n) is 11.4. The van der Waals surface area contributed by atoms with Crippen molar-refractivity contribution in [3.05, 3.63) is 65.7 Å². The van der Waals surface area contributed by atoms with Crippen LogP contribution in [-0.4, -0.2) is 66.0 Å². The maximum atomic E-state index is 13.8. The Labute approximate surface area is 227 Å². The summed E-state index contributed by atoms with van der Waals surface area (Å²) in [6.07, 6.45) is 5.07. The van der Waals surface area contributed by atoms with Crippen molar-refractivity contribution < 1.29 is 14.3 Å². The van der Waals surface area contributed by atoms with Crippen molar-refractivity contribution >= 4 is 11.8 Å². The molecule has 0 radical (unpaired) electrons. The Kier molecular flexibility index (Phi) is 9.80. The van der Waals surface area contributed by atoms with Gasteiger partial charge in [-0.2, -0.15) is 0 Å². The normalized spacial score (nSPS) is 23.9. The van der Waals surface area contributed by atoms with Gasteiger partial charge in [0.05, 0.1) is 7.11 Å². The fraction of sp³-hybridized carbons (Fsp3) is 0.548. The van der Waals surface area contributed by atoms with Crippen LogP contribution in [0.1, 0.15) is 68.3 Å². The minimum absolute atomic E-state index is 0.0457. The summed E-state index contributed by atoms with van der Waals surface area (Å²) < 4.78 is 5.35. The van der Waals surface area contributed by atoms with Gasteiger partial charge in [0.1, 0.15) is 11.8 Å². The monoisotopic (exact) mass is 520 g/mol. The van der Waals surface area contributed by atoms with E-state index in [1.54, 1.807) is 24.1 Å². The van der Waals surface area contributed by atoms with E-state index in [9.17, 15) is 9.59 Å². The molecule has 2 fully saturated rings. The van der Waals surface area contributed by atoms with Crippen molar-refractivity contribution in [3.63, 3.8) is 0 Å². The van der Waals surface area contributed by atoms with E-state index in [0.717, 1.165) is 45.2 Å². The number of ether oxygens (including phenoxy) is 1. The topological polar surface area (TPSA) is 87.9 Å². The minimum Gasteiger partial charge on any atom is -0.497 e. The van der Waals surface area contributed by atoms with Gasteiger partial charge in [-0.3, -0.25) is 14.5 Å². The third-order valence-electron chi connectivity index (χ3n) is 7.92. The predicted molar refractivity (Wildman–Crippen MR) is 151 cm³/mol. The van der Waals surface area contributed by atoms with Crippen molar-refractivity contribution in [1.82, 2.24) is 15.1 Å². The Balaban J connectivity index is 1.56. The maximum absolute atomic E-state index is 13.8. The number of hydrogen-bond acceptors (Lipinski definition) is 5. The Hall–Kier alpha value is -2.90. The van der Waals surface area contributed by atoms with Crippen LogP contribution in [0.25, 0.3) is 0 Å². The van der Waals surface area contributed by atoms with Gasteiger partial charge in [0, 0.05) is 43.3 Å². The summed E-state index contributed by atoms with van der Waals surface area (Å²) in [6, 6.07) is 17.7. The van der Waals surface area contributed by atoms with Gasteiger partial charge in [0.15, 0.2) is 0 Å². The molecule has 206 valence electrons. The highest BCUT2D eigenvalue weighted by Crippen LogP contribution is 2.28. The molecule has 0 bridgehead atoms. The van der Waals surface area contributed by atoms with Crippen molar-refractivity contribution in [2.45, 2.75) is 83.1 Å². The number of amides is 2. The van der Waals surface area contributed by atoms with Crippen molar-refractivity contribution in [2.75, 3.05) is 20.2 Å². The molecule has 38 heavy (non-hydrogen) atoms. The fourth-order valence-electron chi connectivity index (χ4n) is 5.88. The second kappa shape index (κ2) is 13.3. The number of nitrogens with two attached hydrogens (primary N) is 1. The molecular weight excluding hydrogens is 476 g/mol. The van der Waals surface area contributed by atoms with Gasteiger partial charge in [0.25, 0.3) is 5.91 Å². The number of carbonyl (C=O) groups excluding carboxylic acids is 2. The number of piperidine rings is 1. The molecule has 7 heteroatoms. The fourth-order valence-corrected chi connectivity index (χ4v) is 5.88. The summed E-state index contributed by atoms with van der Waals surface area (Å²) >= 11 is 0. The van der Waals surface area contributed by atoms with Gasteiger partial charge in [0.2, 0.25) is 5.91 Å². The van der Waals surface area contributed by atoms with E-state index in [0.29, 0.717) is 30.2 Å². The molecule has 1 saturated carbocycles. The Morgan fingerprint density at radius 3 is 2.47 bits per heavy atom. The molecular formula is C31H44N4O3. The largest absolute Gasteiger partial charge is 0.497 e. The number of hydrogen-bond donors (Lipinski definition) is 2. The summed E-state index contributed by atoms with van der Waals surface area (Å²) in [5, 5.41) is 3.29. The van der Waals surface area contributed by atoms with Crippen LogP contribution in [0.5, 0.6) is 5.75 Å². The van der Waals surface area contributed by atoms with E-state index in [2.05, 4.69) is 48.3 Å².